The zero-order chi connectivity index (χ0) is 28.4. The molecule has 208 valence electrons. The van der Waals surface area contributed by atoms with Gasteiger partial charge in [0.05, 0.1) is 24.6 Å². The second-order valence-electron chi connectivity index (χ2n) is 10.6. The number of piperidine rings is 1. The number of nitrogens with one attached hydrogen (secondary N) is 1. The van der Waals surface area contributed by atoms with Crippen molar-refractivity contribution in [1.29, 1.82) is 0 Å². The highest BCUT2D eigenvalue weighted by Crippen LogP contribution is 2.45. The number of halogens is 1. The molecule has 4 aromatic heterocycles. The average Bonchev–Trinajstić information content (AvgIpc) is 3.70. The van der Waals surface area contributed by atoms with Gasteiger partial charge in [0.15, 0.2) is 11.4 Å². The first kappa shape index (κ1) is 25.1. The number of methoxy groups -OCH3 is 1. The standard InChI is InChI=1S/C28H26FN9O3/c1-13(39)22-24(15-7-18-3-4-19(8-15)37(18)28(40)26-32-12-33-36-26)35-27-20(11-34-38(27)25(22)30)16-5-14-6-17(29)9-21(41-2)23(14)31-10-16/h5-6,9-12,15,18-19H,3-4,7-8,30H2,1-2H3,(H,32,33,36)/t15-,18+,19-. The van der Waals surface area contributed by atoms with E-state index in [-0.39, 0.29) is 41.3 Å². The van der Waals surface area contributed by atoms with Gasteiger partial charge in [0.1, 0.15) is 29.2 Å². The minimum atomic E-state index is -0.438. The Morgan fingerprint density at radius 2 is 1.93 bits per heavy atom. The number of hydrogen-bond donors (Lipinski definition) is 2. The lowest BCUT2D eigenvalue weighted by molar-refractivity contribution is 0.0556. The van der Waals surface area contributed by atoms with E-state index >= 15 is 0 Å². The minimum Gasteiger partial charge on any atom is -0.494 e. The number of pyridine rings is 1. The highest BCUT2D eigenvalue weighted by molar-refractivity contribution is 6.00. The van der Waals surface area contributed by atoms with Crippen molar-refractivity contribution in [3.05, 3.63) is 59.8 Å². The van der Waals surface area contributed by atoms with Gasteiger partial charge in [-0.05, 0) is 44.7 Å². The normalized spacial score (nSPS) is 20.2. The molecule has 2 bridgehead atoms. The number of nitrogens with two attached hydrogens (primary N) is 1. The van der Waals surface area contributed by atoms with Gasteiger partial charge in [0.2, 0.25) is 5.82 Å². The molecule has 2 fully saturated rings. The SMILES string of the molecule is COc1cc(F)cc2cc(-c3cnn4c(N)c(C(C)=O)c([C@H]5C[C@H]6CC[C@@H](C5)N6C(=O)c5nnc[nH]5)nc34)cnc12. The number of nitrogen functional groups attached to an aromatic ring is 1. The van der Waals surface area contributed by atoms with Crippen LogP contribution in [0.3, 0.4) is 0 Å². The highest BCUT2D eigenvalue weighted by Gasteiger charge is 2.45. The lowest BCUT2D eigenvalue weighted by Gasteiger charge is -2.38. The van der Waals surface area contributed by atoms with Gasteiger partial charge in [0.25, 0.3) is 5.91 Å². The molecule has 1 aromatic carbocycles. The number of carbonyl (C=O) groups excluding carboxylic acids is 2. The average molecular weight is 556 g/mol. The van der Waals surface area contributed by atoms with Crippen molar-refractivity contribution in [1.82, 2.24) is 39.7 Å². The fourth-order valence-electron chi connectivity index (χ4n) is 6.54. The summed E-state index contributed by atoms with van der Waals surface area (Å²) in [6.07, 6.45) is 7.66. The van der Waals surface area contributed by atoms with Gasteiger partial charge in [-0.1, -0.05) is 0 Å². The Morgan fingerprint density at radius 1 is 1.15 bits per heavy atom. The molecule has 2 saturated heterocycles. The number of fused-ring (bicyclic) bond motifs is 4. The number of aromatic nitrogens is 7. The number of nitrogens with zero attached hydrogens (tertiary/aromatic N) is 7. The van der Waals surface area contributed by atoms with Gasteiger partial charge in [-0.3, -0.25) is 14.6 Å². The van der Waals surface area contributed by atoms with Crippen LogP contribution in [-0.2, 0) is 0 Å². The van der Waals surface area contributed by atoms with E-state index < -0.39 is 5.82 Å². The molecule has 5 aromatic rings. The predicted molar refractivity (Wildman–Crippen MR) is 146 cm³/mol. The Hall–Kier alpha value is -4.94. The molecule has 12 nitrogen and oxygen atoms in total. The van der Waals surface area contributed by atoms with Crippen LogP contribution in [0.25, 0.3) is 27.7 Å². The third kappa shape index (κ3) is 3.90. The van der Waals surface area contributed by atoms with E-state index in [4.69, 9.17) is 15.5 Å². The molecule has 1 amide bonds. The first-order valence-corrected chi connectivity index (χ1v) is 13.3. The van der Waals surface area contributed by atoms with Crippen LogP contribution in [0.4, 0.5) is 10.2 Å². The van der Waals surface area contributed by atoms with Gasteiger partial charge in [-0.15, -0.1) is 10.2 Å². The number of benzene rings is 1. The summed E-state index contributed by atoms with van der Waals surface area (Å²) in [5.74, 6) is -0.133. The molecular weight excluding hydrogens is 529 g/mol. The van der Waals surface area contributed by atoms with Crippen LogP contribution in [0.5, 0.6) is 5.75 Å². The van der Waals surface area contributed by atoms with Crippen LogP contribution in [0.1, 0.15) is 65.2 Å². The van der Waals surface area contributed by atoms with Crippen LogP contribution in [0.2, 0.25) is 0 Å². The van der Waals surface area contributed by atoms with Crippen molar-refractivity contribution < 1.29 is 18.7 Å². The van der Waals surface area contributed by atoms with E-state index in [0.29, 0.717) is 57.5 Å². The molecular formula is C28H26FN9O3. The number of ether oxygens (including phenoxy) is 1. The Bertz CT molecular complexity index is 1840. The second kappa shape index (κ2) is 9.32. The third-order valence-electron chi connectivity index (χ3n) is 8.28. The second-order valence-corrected chi connectivity index (χ2v) is 10.6. The van der Waals surface area contributed by atoms with Crippen molar-refractivity contribution in [2.45, 2.75) is 50.6 Å². The Balaban J connectivity index is 1.31. The van der Waals surface area contributed by atoms with Crippen LogP contribution in [-0.4, -0.2) is 70.5 Å². The first-order valence-electron chi connectivity index (χ1n) is 13.3. The fourth-order valence-corrected chi connectivity index (χ4v) is 6.54. The number of anilines is 1. The maximum atomic E-state index is 14.3. The van der Waals surface area contributed by atoms with Gasteiger partial charge >= 0.3 is 0 Å². The first-order chi connectivity index (χ1) is 19.8. The van der Waals surface area contributed by atoms with Crippen LogP contribution in [0, 0.1) is 5.82 Å². The Morgan fingerprint density at radius 3 is 2.61 bits per heavy atom. The third-order valence-corrected chi connectivity index (χ3v) is 8.28. The van der Waals surface area contributed by atoms with Gasteiger partial charge in [-0.2, -0.15) is 9.61 Å². The Kier molecular flexibility index (Phi) is 5.70. The molecule has 0 spiro atoms. The largest absolute Gasteiger partial charge is 0.494 e. The summed E-state index contributed by atoms with van der Waals surface area (Å²) in [4.78, 5) is 40.3. The quantitative estimate of drug-likeness (QED) is 0.310. The van der Waals surface area contributed by atoms with Crippen LogP contribution >= 0.6 is 0 Å². The van der Waals surface area contributed by atoms with Gasteiger partial charge < -0.3 is 20.4 Å². The van der Waals surface area contributed by atoms with Crippen LogP contribution < -0.4 is 10.5 Å². The molecule has 7 rings (SSSR count). The molecule has 41 heavy (non-hydrogen) atoms. The van der Waals surface area contributed by atoms with E-state index in [1.54, 1.807) is 18.5 Å². The smallest absolute Gasteiger partial charge is 0.292 e. The molecule has 2 aliphatic rings. The van der Waals surface area contributed by atoms with E-state index in [2.05, 4.69) is 25.3 Å². The Labute approximate surface area is 232 Å². The molecule has 0 aliphatic carbocycles. The number of hydrogen-bond acceptors (Lipinski definition) is 9. The maximum absolute atomic E-state index is 14.3. The van der Waals surface area contributed by atoms with E-state index in [9.17, 15) is 14.0 Å². The molecule has 6 heterocycles. The molecule has 13 heteroatoms. The number of aromatic amines is 1. The molecule has 3 N–H and O–H groups in total. The lowest BCUT2D eigenvalue weighted by atomic mass is 9.85. The zero-order valence-corrected chi connectivity index (χ0v) is 22.3. The number of H-pyrrole nitrogens is 1. The number of carbonyl (C=O) groups is 2. The van der Waals surface area contributed by atoms with E-state index in [1.165, 1.54) is 37.0 Å². The summed E-state index contributed by atoms with van der Waals surface area (Å²) in [7, 11) is 1.47. The number of amides is 1. The maximum Gasteiger partial charge on any atom is 0.292 e. The van der Waals surface area contributed by atoms with Gasteiger partial charge in [0, 0.05) is 46.8 Å². The topological polar surface area (TPSA) is 157 Å². The van der Waals surface area contributed by atoms with E-state index in [1.807, 2.05) is 4.90 Å². The van der Waals surface area contributed by atoms with Crippen molar-refractivity contribution in [3.63, 3.8) is 0 Å². The molecule has 3 atom stereocenters. The van der Waals surface area contributed by atoms with Crippen molar-refractivity contribution in [3.8, 4) is 16.9 Å². The summed E-state index contributed by atoms with van der Waals surface area (Å²) >= 11 is 0. The fraction of sp³-hybridized carbons (Fsp3) is 0.321. The summed E-state index contributed by atoms with van der Waals surface area (Å²) < 4.78 is 21.0. The van der Waals surface area contributed by atoms with Crippen molar-refractivity contribution in [2.75, 3.05) is 12.8 Å². The summed E-state index contributed by atoms with van der Waals surface area (Å²) in [5.41, 5.74) is 9.83. The van der Waals surface area contributed by atoms with Gasteiger partial charge in [-0.25, -0.2) is 9.37 Å². The zero-order valence-electron chi connectivity index (χ0n) is 22.3. The van der Waals surface area contributed by atoms with Crippen LogP contribution in [0.15, 0.2) is 36.9 Å². The number of Topliss-reactive ketones (excluding diaryl/α,β-unsaturated/α-hetero) is 1. The summed E-state index contributed by atoms with van der Waals surface area (Å²) in [5, 5.41) is 12.7. The molecule has 2 aliphatic heterocycles. The molecule has 0 unspecified atom stereocenters. The lowest BCUT2D eigenvalue weighted by Crippen LogP contribution is -2.46. The summed E-state index contributed by atoms with van der Waals surface area (Å²) in [6, 6.07) is 4.45. The van der Waals surface area contributed by atoms with Crippen molar-refractivity contribution in [2.24, 2.45) is 0 Å². The minimum absolute atomic E-state index is 0.0191. The number of ketones is 1. The number of rotatable bonds is 5. The van der Waals surface area contributed by atoms with E-state index in [0.717, 1.165) is 12.8 Å². The monoisotopic (exact) mass is 555 g/mol. The molecule has 0 saturated carbocycles. The molecule has 0 radical (unpaired) electrons. The highest BCUT2D eigenvalue weighted by atomic mass is 19.1. The summed E-state index contributed by atoms with van der Waals surface area (Å²) in [6.45, 7) is 1.47. The predicted octanol–water partition coefficient (Wildman–Crippen LogP) is 3.55. The van der Waals surface area contributed by atoms with Crippen molar-refractivity contribution >= 4 is 34.1 Å².